The molecule has 0 fully saturated rings. The lowest BCUT2D eigenvalue weighted by molar-refractivity contribution is 0.673. The largest absolute Gasteiger partial charge is 0.455 e. The van der Waals surface area contributed by atoms with Crippen molar-refractivity contribution in [1.29, 1.82) is 5.26 Å². The summed E-state index contributed by atoms with van der Waals surface area (Å²) in [5, 5.41) is 17.0. The number of benzene rings is 8. The molecule has 0 unspecified atom stereocenters. The summed E-state index contributed by atoms with van der Waals surface area (Å²) in [5.74, 6) is 0. The molecule has 3 heterocycles. The molecule has 53 heavy (non-hydrogen) atoms. The van der Waals surface area contributed by atoms with Gasteiger partial charge >= 0.3 is 0 Å². The van der Waals surface area contributed by atoms with Gasteiger partial charge in [0.1, 0.15) is 11.2 Å². The van der Waals surface area contributed by atoms with Crippen LogP contribution >= 0.6 is 0 Å². The van der Waals surface area contributed by atoms with Crippen LogP contribution in [0.25, 0.3) is 99.2 Å². The first kappa shape index (κ1) is 29.4. The average Bonchev–Trinajstić information content (AvgIpc) is 3.88. The Morgan fingerprint density at radius 2 is 1.00 bits per heavy atom. The SMILES string of the molecule is N#Cc1ccc(-c2cc(-n3c4ccccc4c4ccccc43)cc(-n3c4ccccc4c4c5oc6ccccc6c5ccc43)c2)cc1-c1ccccc1. The number of furan rings is 1. The second-order valence-corrected chi connectivity index (χ2v) is 13.6. The van der Waals surface area contributed by atoms with Crippen molar-refractivity contribution >= 4 is 65.6 Å². The van der Waals surface area contributed by atoms with E-state index in [9.17, 15) is 5.26 Å². The number of nitriles is 1. The molecule has 0 spiro atoms. The summed E-state index contributed by atoms with van der Waals surface area (Å²) in [6.45, 7) is 0. The van der Waals surface area contributed by atoms with Crippen LogP contribution in [0.2, 0.25) is 0 Å². The molecule has 11 rings (SSSR count). The van der Waals surface area contributed by atoms with E-state index in [1.54, 1.807) is 0 Å². The van der Waals surface area contributed by atoms with Crippen LogP contribution in [0, 0.1) is 11.3 Å². The Bertz CT molecular complexity index is 3250. The first-order chi connectivity index (χ1) is 26.2. The predicted octanol–water partition coefficient (Wildman–Crippen LogP) is 13.0. The summed E-state index contributed by atoms with van der Waals surface area (Å²) in [6.07, 6.45) is 0. The van der Waals surface area contributed by atoms with E-state index in [1.807, 2.05) is 36.4 Å². The van der Waals surface area contributed by atoms with E-state index in [4.69, 9.17) is 4.42 Å². The molecule has 0 aliphatic rings. The molecule has 0 bridgehead atoms. The van der Waals surface area contributed by atoms with Crippen LogP contribution < -0.4 is 0 Å². The molecule has 0 radical (unpaired) electrons. The third kappa shape index (κ3) is 4.35. The number of hydrogen-bond acceptors (Lipinski definition) is 2. The van der Waals surface area contributed by atoms with Gasteiger partial charge in [0.25, 0.3) is 0 Å². The number of aromatic nitrogens is 2. The number of rotatable bonds is 4. The maximum absolute atomic E-state index is 10.1. The molecule has 0 N–H and O–H groups in total. The Balaban J connectivity index is 1.25. The zero-order valence-electron chi connectivity index (χ0n) is 28.5. The Labute approximate surface area is 304 Å². The van der Waals surface area contributed by atoms with Crippen LogP contribution in [0.5, 0.6) is 0 Å². The lowest BCUT2D eigenvalue weighted by Crippen LogP contribution is -2.00. The number of para-hydroxylation sites is 4. The van der Waals surface area contributed by atoms with Gasteiger partial charge in [0.2, 0.25) is 0 Å². The van der Waals surface area contributed by atoms with E-state index in [1.165, 1.54) is 10.8 Å². The van der Waals surface area contributed by atoms with E-state index in [0.717, 1.165) is 88.4 Å². The zero-order valence-corrected chi connectivity index (χ0v) is 28.5. The molecule has 0 aliphatic carbocycles. The van der Waals surface area contributed by atoms with Crippen molar-refractivity contribution in [2.75, 3.05) is 0 Å². The zero-order chi connectivity index (χ0) is 35.0. The van der Waals surface area contributed by atoms with Crippen LogP contribution in [-0.2, 0) is 0 Å². The summed E-state index contributed by atoms with van der Waals surface area (Å²) in [5.41, 5.74) is 13.0. The van der Waals surface area contributed by atoms with Crippen molar-refractivity contribution < 1.29 is 4.42 Å². The Morgan fingerprint density at radius 1 is 0.415 bits per heavy atom. The summed E-state index contributed by atoms with van der Waals surface area (Å²) in [4.78, 5) is 0. The van der Waals surface area contributed by atoms with Gasteiger partial charge in [0, 0.05) is 43.9 Å². The van der Waals surface area contributed by atoms with E-state index in [-0.39, 0.29) is 0 Å². The Hall–Kier alpha value is -7.35. The monoisotopic (exact) mass is 675 g/mol. The predicted molar refractivity (Wildman–Crippen MR) is 218 cm³/mol. The van der Waals surface area contributed by atoms with E-state index in [2.05, 4.69) is 155 Å². The highest BCUT2D eigenvalue weighted by molar-refractivity contribution is 6.24. The maximum Gasteiger partial charge on any atom is 0.145 e. The van der Waals surface area contributed by atoms with Crippen molar-refractivity contribution in [3.8, 4) is 39.7 Å². The highest BCUT2D eigenvalue weighted by Gasteiger charge is 2.21. The fraction of sp³-hybridized carbons (Fsp3) is 0. The molecule has 4 nitrogen and oxygen atoms in total. The van der Waals surface area contributed by atoms with Gasteiger partial charge in [0.15, 0.2) is 0 Å². The summed E-state index contributed by atoms with van der Waals surface area (Å²) >= 11 is 0. The van der Waals surface area contributed by atoms with Crippen molar-refractivity contribution in [3.05, 3.63) is 181 Å². The van der Waals surface area contributed by atoms with Crippen LogP contribution in [0.15, 0.2) is 180 Å². The minimum atomic E-state index is 0.649. The van der Waals surface area contributed by atoms with E-state index < -0.39 is 0 Å². The highest BCUT2D eigenvalue weighted by Crippen LogP contribution is 2.42. The summed E-state index contributed by atoms with van der Waals surface area (Å²) in [6, 6.07) is 64.2. The van der Waals surface area contributed by atoms with Crippen molar-refractivity contribution in [2.24, 2.45) is 0 Å². The van der Waals surface area contributed by atoms with Gasteiger partial charge in [-0.2, -0.15) is 5.26 Å². The first-order valence-corrected chi connectivity index (χ1v) is 17.8. The molecule has 4 heteroatoms. The molecule has 0 saturated carbocycles. The van der Waals surface area contributed by atoms with Crippen LogP contribution in [0.1, 0.15) is 5.56 Å². The summed E-state index contributed by atoms with van der Waals surface area (Å²) < 4.78 is 11.4. The minimum Gasteiger partial charge on any atom is -0.455 e. The molecule has 0 atom stereocenters. The molecule has 0 saturated heterocycles. The van der Waals surface area contributed by atoms with Gasteiger partial charge in [0.05, 0.1) is 39.1 Å². The average molecular weight is 676 g/mol. The van der Waals surface area contributed by atoms with Gasteiger partial charge in [-0.1, -0.05) is 109 Å². The second kappa shape index (κ2) is 11.3. The van der Waals surface area contributed by atoms with Gasteiger partial charge in [-0.05, 0) is 83.4 Å². The highest BCUT2D eigenvalue weighted by atomic mass is 16.3. The number of fused-ring (bicyclic) bond motifs is 10. The van der Waals surface area contributed by atoms with E-state index in [0.29, 0.717) is 5.56 Å². The first-order valence-electron chi connectivity index (χ1n) is 17.8. The van der Waals surface area contributed by atoms with Gasteiger partial charge in [-0.25, -0.2) is 0 Å². The molecule has 246 valence electrons. The number of nitrogens with zero attached hydrogens (tertiary/aromatic N) is 3. The summed E-state index contributed by atoms with van der Waals surface area (Å²) in [7, 11) is 0. The fourth-order valence-electron chi connectivity index (χ4n) is 8.41. The number of hydrogen-bond donors (Lipinski definition) is 0. The van der Waals surface area contributed by atoms with Crippen molar-refractivity contribution in [1.82, 2.24) is 9.13 Å². The lowest BCUT2D eigenvalue weighted by Gasteiger charge is -2.16. The molecule has 0 amide bonds. The third-order valence-electron chi connectivity index (χ3n) is 10.7. The van der Waals surface area contributed by atoms with Crippen LogP contribution in [0.3, 0.4) is 0 Å². The van der Waals surface area contributed by atoms with E-state index >= 15 is 0 Å². The van der Waals surface area contributed by atoms with Crippen LogP contribution in [-0.4, -0.2) is 9.13 Å². The van der Waals surface area contributed by atoms with Gasteiger partial charge < -0.3 is 13.6 Å². The molecular formula is C49H29N3O. The standard InChI is InChI=1S/C49H29N3O/c50-30-33-23-22-32(28-42(33)31-12-2-1-3-13-31)34-26-35(51-43-18-8-4-14-37(43)38-15-5-9-19-44(38)51)29-36(27-34)52-45-20-10-6-17-41(45)48-46(52)25-24-40-39-16-7-11-21-47(39)53-49(40)48/h1-29H. The Morgan fingerprint density at radius 3 is 1.70 bits per heavy atom. The lowest BCUT2D eigenvalue weighted by atomic mass is 9.94. The third-order valence-corrected chi connectivity index (χ3v) is 10.7. The normalized spacial score (nSPS) is 11.8. The fourth-order valence-corrected chi connectivity index (χ4v) is 8.41. The van der Waals surface area contributed by atoms with Gasteiger partial charge in [-0.3, -0.25) is 0 Å². The van der Waals surface area contributed by atoms with Crippen molar-refractivity contribution in [3.63, 3.8) is 0 Å². The quantitative estimate of drug-likeness (QED) is 0.186. The molecular weight excluding hydrogens is 647 g/mol. The topological polar surface area (TPSA) is 46.8 Å². The molecule has 3 aromatic heterocycles. The van der Waals surface area contributed by atoms with Crippen LogP contribution in [0.4, 0.5) is 0 Å². The molecule has 0 aliphatic heterocycles. The minimum absolute atomic E-state index is 0.649. The Kier molecular flexibility index (Phi) is 6.28. The molecule has 8 aromatic carbocycles. The maximum atomic E-state index is 10.1. The van der Waals surface area contributed by atoms with Crippen molar-refractivity contribution in [2.45, 2.75) is 0 Å². The second-order valence-electron chi connectivity index (χ2n) is 13.6. The van der Waals surface area contributed by atoms with Gasteiger partial charge in [-0.15, -0.1) is 0 Å². The molecule has 11 aromatic rings. The smallest absolute Gasteiger partial charge is 0.145 e.